The second-order valence-corrected chi connectivity index (χ2v) is 5.86. The number of hydrogen-bond acceptors (Lipinski definition) is 4. The molecule has 0 spiro atoms. The molecule has 0 aromatic rings. The van der Waals surface area contributed by atoms with Gasteiger partial charge in [-0.05, 0) is 33.6 Å². The summed E-state index contributed by atoms with van der Waals surface area (Å²) in [7, 11) is 0. The zero-order valence-electron chi connectivity index (χ0n) is 11.9. The number of ether oxygens (including phenoxy) is 1. The smallest absolute Gasteiger partial charge is 0.410 e. The van der Waals surface area contributed by atoms with Gasteiger partial charge in [0.05, 0.1) is 6.42 Å². The number of hydrogen-bond donors (Lipinski definition) is 2. The van der Waals surface area contributed by atoms with Crippen molar-refractivity contribution in [2.75, 3.05) is 19.6 Å². The largest absolute Gasteiger partial charge is 0.481 e. The molecule has 0 saturated carbocycles. The molecule has 1 atom stereocenters. The third-order valence-corrected chi connectivity index (χ3v) is 2.84. The summed E-state index contributed by atoms with van der Waals surface area (Å²) in [5.41, 5.74) is -0.485. The molecule has 6 nitrogen and oxygen atoms in total. The highest BCUT2D eigenvalue weighted by Crippen LogP contribution is 2.15. The van der Waals surface area contributed by atoms with Crippen LogP contribution in [-0.4, -0.2) is 53.3 Å². The fourth-order valence-corrected chi connectivity index (χ4v) is 2.02. The molecule has 19 heavy (non-hydrogen) atoms. The molecule has 1 amide bonds. The van der Waals surface area contributed by atoms with Gasteiger partial charge in [0.25, 0.3) is 0 Å². The Morgan fingerprint density at radius 1 is 1.42 bits per heavy atom. The molecular formula is C13H24N2O4. The Morgan fingerprint density at radius 3 is 2.68 bits per heavy atom. The van der Waals surface area contributed by atoms with Crippen molar-refractivity contribution in [1.29, 1.82) is 0 Å². The summed E-state index contributed by atoms with van der Waals surface area (Å²) >= 11 is 0. The Morgan fingerprint density at radius 2 is 2.11 bits per heavy atom. The van der Waals surface area contributed by atoms with Crippen LogP contribution < -0.4 is 5.32 Å². The van der Waals surface area contributed by atoms with Crippen LogP contribution in [0.25, 0.3) is 0 Å². The summed E-state index contributed by atoms with van der Waals surface area (Å²) in [6.07, 6.45) is 1.67. The topological polar surface area (TPSA) is 78.9 Å². The Labute approximate surface area is 114 Å². The molecule has 1 saturated heterocycles. The summed E-state index contributed by atoms with van der Waals surface area (Å²) in [5.74, 6) is -0.813. The number of rotatable bonds is 4. The monoisotopic (exact) mass is 272 g/mol. The fourth-order valence-electron chi connectivity index (χ4n) is 2.02. The van der Waals surface area contributed by atoms with Gasteiger partial charge in [-0.15, -0.1) is 0 Å². The van der Waals surface area contributed by atoms with Gasteiger partial charge in [0.2, 0.25) is 0 Å². The first-order valence-corrected chi connectivity index (χ1v) is 6.71. The molecular weight excluding hydrogens is 248 g/mol. The van der Waals surface area contributed by atoms with E-state index in [4.69, 9.17) is 9.84 Å². The van der Waals surface area contributed by atoms with E-state index in [0.717, 1.165) is 12.8 Å². The van der Waals surface area contributed by atoms with Gasteiger partial charge in [-0.1, -0.05) is 0 Å². The van der Waals surface area contributed by atoms with Gasteiger partial charge < -0.3 is 20.1 Å². The summed E-state index contributed by atoms with van der Waals surface area (Å²) in [5, 5.41) is 11.8. The van der Waals surface area contributed by atoms with Gasteiger partial charge in [-0.2, -0.15) is 0 Å². The number of amides is 1. The number of likely N-dealkylation sites (tertiary alicyclic amines) is 1. The molecule has 110 valence electrons. The summed E-state index contributed by atoms with van der Waals surface area (Å²) in [6, 6.07) is 0.153. The standard InChI is InChI=1S/C13H24N2O4/c1-13(2,3)19-12(18)15-8-4-5-10(9-15)14-7-6-11(16)17/h10,14H,4-9H2,1-3H3,(H,16,17)/t10-/m1/s1. The van der Waals surface area contributed by atoms with Gasteiger partial charge in [-0.3, -0.25) is 4.79 Å². The quantitative estimate of drug-likeness (QED) is 0.810. The highest BCUT2D eigenvalue weighted by Gasteiger charge is 2.27. The van der Waals surface area contributed by atoms with E-state index in [-0.39, 0.29) is 18.6 Å². The molecule has 1 heterocycles. The SMILES string of the molecule is CC(C)(C)OC(=O)N1CCC[C@@H](NCCC(=O)O)C1. The lowest BCUT2D eigenvalue weighted by atomic mass is 10.1. The maximum Gasteiger partial charge on any atom is 0.410 e. The normalized spacial score (nSPS) is 20.2. The van der Waals surface area contributed by atoms with E-state index in [0.29, 0.717) is 19.6 Å². The third kappa shape index (κ3) is 6.42. The second-order valence-electron chi connectivity index (χ2n) is 5.86. The maximum atomic E-state index is 11.9. The van der Waals surface area contributed by atoms with Crippen molar-refractivity contribution in [3.8, 4) is 0 Å². The summed E-state index contributed by atoms with van der Waals surface area (Å²) in [6.45, 7) is 7.25. The molecule has 6 heteroatoms. The minimum Gasteiger partial charge on any atom is -0.481 e. The van der Waals surface area contributed by atoms with E-state index in [1.807, 2.05) is 20.8 Å². The molecule has 0 bridgehead atoms. The average molecular weight is 272 g/mol. The van der Waals surface area contributed by atoms with Crippen LogP contribution in [0.1, 0.15) is 40.0 Å². The van der Waals surface area contributed by atoms with Crippen LogP contribution in [0.5, 0.6) is 0 Å². The van der Waals surface area contributed by atoms with Gasteiger partial charge in [0.1, 0.15) is 5.60 Å². The molecule has 1 rings (SSSR count). The van der Waals surface area contributed by atoms with Gasteiger partial charge in [0.15, 0.2) is 0 Å². The molecule has 0 unspecified atom stereocenters. The number of aliphatic carboxylic acids is 1. The van der Waals surface area contributed by atoms with Crippen molar-refractivity contribution in [2.24, 2.45) is 0 Å². The predicted octanol–water partition coefficient (Wildman–Crippen LogP) is 1.45. The van der Waals surface area contributed by atoms with E-state index in [2.05, 4.69) is 5.32 Å². The van der Waals surface area contributed by atoms with E-state index >= 15 is 0 Å². The number of nitrogens with zero attached hydrogens (tertiary/aromatic N) is 1. The number of carboxylic acid groups (broad SMARTS) is 1. The van der Waals surface area contributed by atoms with E-state index in [9.17, 15) is 9.59 Å². The minimum atomic E-state index is -0.813. The Kier molecular flexibility index (Phi) is 5.60. The number of carbonyl (C=O) groups excluding carboxylic acids is 1. The van der Waals surface area contributed by atoms with Crippen LogP contribution in [0.4, 0.5) is 4.79 Å². The minimum absolute atomic E-state index is 0.100. The molecule has 1 fully saturated rings. The molecule has 0 aromatic heterocycles. The molecule has 1 aliphatic heterocycles. The van der Waals surface area contributed by atoms with Crippen LogP contribution in [0.2, 0.25) is 0 Å². The number of carbonyl (C=O) groups is 2. The van der Waals surface area contributed by atoms with Crippen LogP contribution in [0.15, 0.2) is 0 Å². The van der Waals surface area contributed by atoms with Crippen molar-refractivity contribution in [3.05, 3.63) is 0 Å². The highest BCUT2D eigenvalue weighted by atomic mass is 16.6. The summed E-state index contributed by atoms with van der Waals surface area (Å²) < 4.78 is 5.33. The zero-order valence-corrected chi connectivity index (χ0v) is 11.9. The summed E-state index contributed by atoms with van der Waals surface area (Å²) in [4.78, 5) is 24.1. The van der Waals surface area contributed by atoms with Gasteiger partial charge in [-0.25, -0.2) is 4.79 Å². The van der Waals surface area contributed by atoms with Crippen molar-refractivity contribution in [3.63, 3.8) is 0 Å². The lowest BCUT2D eigenvalue weighted by Crippen LogP contribution is -2.49. The second kappa shape index (κ2) is 6.75. The van der Waals surface area contributed by atoms with Crippen molar-refractivity contribution in [2.45, 2.75) is 51.7 Å². The van der Waals surface area contributed by atoms with Crippen LogP contribution in [0.3, 0.4) is 0 Å². The third-order valence-electron chi connectivity index (χ3n) is 2.84. The first kappa shape index (κ1) is 15.8. The van der Waals surface area contributed by atoms with Gasteiger partial charge >= 0.3 is 12.1 Å². The number of carboxylic acids is 1. The van der Waals surface area contributed by atoms with E-state index in [1.54, 1.807) is 4.90 Å². The highest BCUT2D eigenvalue weighted by molar-refractivity contribution is 5.68. The molecule has 0 aliphatic carbocycles. The van der Waals surface area contributed by atoms with E-state index < -0.39 is 11.6 Å². The first-order chi connectivity index (χ1) is 8.78. The van der Waals surface area contributed by atoms with Crippen molar-refractivity contribution in [1.82, 2.24) is 10.2 Å². The molecule has 2 N–H and O–H groups in total. The Balaban J connectivity index is 2.37. The maximum absolute atomic E-state index is 11.9. The van der Waals surface area contributed by atoms with Gasteiger partial charge in [0, 0.05) is 25.7 Å². The van der Waals surface area contributed by atoms with Crippen molar-refractivity contribution < 1.29 is 19.4 Å². The lowest BCUT2D eigenvalue weighted by molar-refractivity contribution is -0.136. The first-order valence-electron chi connectivity index (χ1n) is 6.71. The van der Waals surface area contributed by atoms with Crippen LogP contribution in [0, 0.1) is 0 Å². The Bertz CT molecular complexity index is 325. The number of nitrogens with one attached hydrogen (secondary N) is 1. The predicted molar refractivity (Wildman–Crippen MR) is 71.1 cm³/mol. The zero-order chi connectivity index (χ0) is 14.5. The molecule has 0 radical (unpaired) electrons. The number of piperidine rings is 1. The van der Waals surface area contributed by atoms with Crippen LogP contribution >= 0.6 is 0 Å². The average Bonchev–Trinajstić information content (AvgIpc) is 2.26. The Hall–Kier alpha value is -1.30. The fraction of sp³-hybridized carbons (Fsp3) is 0.846. The lowest BCUT2D eigenvalue weighted by Gasteiger charge is -2.34. The van der Waals surface area contributed by atoms with E-state index in [1.165, 1.54) is 0 Å². The molecule has 0 aromatic carbocycles. The van der Waals surface area contributed by atoms with Crippen molar-refractivity contribution >= 4 is 12.1 Å². The van der Waals surface area contributed by atoms with Crippen LogP contribution in [-0.2, 0) is 9.53 Å². The molecule has 1 aliphatic rings.